The van der Waals surface area contributed by atoms with Gasteiger partial charge in [-0.1, -0.05) is 31.0 Å². The third kappa shape index (κ3) is 2.64. The van der Waals surface area contributed by atoms with Crippen LogP contribution in [0.3, 0.4) is 0 Å². The molecule has 1 aromatic carbocycles. The Morgan fingerprint density at radius 1 is 1.21 bits per heavy atom. The summed E-state index contributed by atoms with van der Waals surface area (Å²) in [5, 5.41) is 4.85. The molecule has 1 aromatic heterocycles. The molecule has 0 saturated heterocycles. The molecule has 1 fully saturated rings. The van der Waals surface area contributed by atoms with Crippen molar-refractivity contribution in [2.75, 3.05) is 7.05 Å². The van der Waals surface area contributed by atoms with Crippen LogP contribution in [0.25, 0.3) is 10.9 Å². The zero-order valence-electron chi connectivity index (χ0n) is 11.6. The predicted molar refractivity (Wildman–Crippen MR) is 80.3 cm³/mol. The molecule has 1 saturated carbocycles. The van der Waals surface area contributed by atoms with Crippen LogP contribution in [-0.4, -0.2) is 18.1 Å². The van der Waals surface area contributed by atoms with Gasteiger partial charge in [-0.15, -0.1) is 0 Å². The molecule has 2 nitrogen and oxygen atoms in total. The standard InChI is InChI=1S/C17H22N2/c1-18-17(13-6-2-3-7-13)12-14-10-11-19-16-9-5-4-8-15(14)16/h4-5,8-11,13,17-18H,2-3,6-7,12H2,1H3. The number of rotatable bonds is 4. The van der Waals surface area contributed by atoms with Crippen molar-refractivity contribution in [2.24, 2.45) is 5.92 Å². The van der Waals surface area contributed by atoms with Crippen molar-refractivity contribution in [1.29, 1.82) is 0 Å². The lowest BCUT2D eigenvalue weighted by atomic mass is 9.91. The molecule has 2 aromatic rings. The third-order valence-electron chi connectivity index (χ3n) is 4.52. The average molecular weight is 254 g/mol. The van der Waals surface area contributed by atoms with Crippen molar-refractivity contribution < 1.29 is 0 Å². The van der Waals surface area contributed by atoms with Crippen molar-refractivity contribution >= 4 is 10.9 Å². The highest BCUT2D eigenvalue weighted by Crippen LogP contribution is 2.30. The second-order valence-corrected chi connectivity index (χ2v) is 5.63. The van der Waals surface area contributed by atoms with Crippen LogP contribution in [0.2, 0.25) is 0 Å². The molecule has 1 unspecified atom stereocenters. The molecular weight excluding hydrogens is 232 g/mol. The molecule has 1 N–H and O–H groups in total. The summed E-state index contributed by atoms with van der Waals surface area (Å²) in [7, 11) is 2.10. The number of likely N-dealkylation sites (N-methyl/N-ethyl adjacent to an activating group) is 1. The van der Waals surface area contributed by atoms with E-state index in [1.165, 1.54) is 36.6 Å². The molecule has 0 spiro atoms. The zero-order chi connectivity index (χ0) is 13.1. The Balaban J connectivity index is 1.87. The highest BCUT2D eigenvalue weighted by Gasteiger charge is 2.24. The fraction of sp³-hybridized carbons (Fsp3) is 0.471. The molecule has 0 radical (unpaired) electrons. The first kappa shape index (κ1) is 12.6. The number of benzene rings is 1. The van der Waals surface area contributed by atoms with Gasteiger partial charge < -0.3 is 5.32 Å². The number of nitrogens with one attached hydrogen (secondary N) is 1. The van der Waals surface area contributed by atoms with Crippen LogP contribution in [0, 0.1) is 5.92 Å². The maximum Gasteiger partial charge on any atom is 0.0704 e. The highest BCUT2D eigenvalue weighted by atomic mass is 14.9. The molecule has 3 rings (SSSR count). The third-order valence-corrected chi connectivity index (χ3v) is 4.52. The van der Waals surface area contributed by atoms with Gasteiger partial charge in [0.05, 0.1) is 5.52 Å². The van der Waals surface area contributed by atoms with Gasteiger partial charge in [0.15, 0.2) is 0 Å². The van der Waals surface area contributed by atoms with Crippen LogP contribution in [0.5, 0.6) is 0 Å². The number of para-hydroxylation sites is 1. The summed E-state index contributed by atoms with van der Waals surface area (Å²) in [6.07, 6.45) is 8.63. The summed E-state index contributed by atoms with van der Waals surface area (Å²) >= 11 is 0. The summed E-state index contributed by atoms with van der Waals surface area (Å²) in [4.78, 5) is 4.45. The lowest BCUT2D eigenvalue weighted by Crippen LogP contribution is -2.34. The number of aromatic nitrogens is 1. The number of pyridine rings is 1. The molecule has 2 heteroatoms. The normalized spacial score (nSPS) is 17.9. The first-order valence-electron chi connectivity index (χ1n) is 7.38. The molecule has 1 atom stereocenters. The van der Waals surface area contributed by atoms with Gasteiger partial charge in [-0.25, -0.2) is 0 Å². The van der Waals surface area contributed by atoms with E-state index in [1.54, 1.807) is 0 Å². The monoisotopic (exact) mass is 254 g/mol. The Hall–Kier alpha value is -1.41. The van der Waals surface area contributed by atoms with E-state index in [4.69, 9.17) is 0 Å². The Kier molecular flexibility index (Phi) is 3.79. The largest absolute Gasteiger partial charge is 0.316 e. The quantitative estimate of drug-likeness (QED) is 0.902. The van der Waals surface area contributed by atoms with Crippen LogP contribution in [0.15, 0.2) is 36.5 Å². The molecule has 1 heterocycles. The predicted octanol–water partition coefficient (Wildman–Crippen LogP) is 3.56. The summed E-state index contributed by atoms with van der Waals surface area (Å²) in [5.41, 5.74) is 2.54. The number of hydrogen-bond acceptors (Lipinski definition) is 2. The van der Waals surface area contributed by atoms with Crippen molar-refractivity contribution in [1.82, 2.24) is 10.3 Å². The second kappa shape index (κ2) is 5.70. The Labute approximate surface area is 115 Å². The Bertz CT molecular complexity index is 538. The minimum absolute atomic E-state index is 0.605. The van der Waals surface area contributed by atoms with Gasteiger partial charge in [0.2, 0.25) is 0 Å². The number of fused-ring (bicyclic) bond motifs is 1. The summed E-state index contributed by atoms with van der Waals surface area (Å²) in [6.45, 7) is 0. The molecule has 1 aliphatic carbocycles. The van der Waals surface area contributed by atoms with Gasteiger partial charge in [-0.2, -0.15) is 0 Å². The minimum Gasteiger partial charge on any atom is -0.316 e. The molecule has 0 amide bonds. The van der Waals surface area contributed by atoms with E-state index in [0.717, 1.165) is 17.9 Å². The molecule has 0 aliphatic heterocycles. The van der Waals surface area contributed by atoms with Crippen molar-refractivity contribution in [3.63, 3.8) is 0 Å². The Morgan fingerprint density at radius 2 is 2.00 bits per heavy atom. The lowest BCUT2D eigenvalue weighted by molar-refractivity contribution is 0.378. The zero-order valence-corrected chi connectivity index (χ0v) is 11.6. The van der Waals surface area contributed by atoms with E-state index in [-0.39, 0.29) is 0 Å². The number of nitrogens with zero attached hydrogens (tertiary/aromatic N) is 1. The SMILES string of the molecule is CNC(Cc1ccnc2ccccc12)C1CCCC1. The maximum atomic E-state index is 4.45. The molecular formula is C17H22N2. The van der Waals surface area contributed by atoms with Crippen LogP contribution in [-0.2, 0) is 6.42 Å². The van der Waals surface area contributed by atoms with Gasteiger partial charge in [0.1, 0.15) is 0 Å². The van der Waals surface area contributed by atoms with Crippen LogP contribution < -0.4 is 5.32 Å². The van der Waals surface area contributed by atoms with Crippen molar-refractivity contribution in [2.45, 2.75) is 38.1 Å². The highest BCUT2D eigenvalue weighted by molar-refractivity contribution is 5.81. The van der Waals surface area contributed by atoms with E-state index in [1.807, 2.05) is 6.20 Å². The van der Waals surface area contributed by atoms with Crippen LogP contribution in [0.4, 0.5) is 0 Å². The fourth-order valence-electron chi connectivity index (χ4n) is 3.43. The smallest absolute Gasteiger partial charge is 0.0704 e. The maximum absolute atomic E-state index is 4.45. The van der Waals surface area contributed by atoms with E-state index in [2.05, 4.69) is 47.7 Å². The molecule has 1 aliphatic rings. The summed E-state index contributed by atoms with van der Waals surface area (Å²) in [5.74, 6) is 0.844. The summed E-state index contributed by atoms with van der Waals surface area (Å²) in [6, 6.07) is 11.3. The van der Waals surface area contributed by atoms with E-state index < -0.39 is 0 Å². The van der Waals surface area contributed by atoms with Gasteiger partial charge in [-0.3, -0.25) is 4.98 Å². The fourth-order valence-corrected chi connectivity index (χ4v) is 3.43. The number of hydrogen-bond donors (Lipinski definition) is 1. The van der Waals surface area contributed by atoms with Gasteiger partial charge >= 0.3 is 0 Å². The van der Waals surface area contributed by atoms with Gasteiger partial charge in [0, 0.05) is 17.6 Å². The molecule has 100 valence electrons. The van der Waals surface area contributed by atoms with E-state index >= 15 is 0 Å². The van der Waals surface area contributed by atoms with Gasteiger partial charge in [0.25, 0.3) is 0 Å². The first-order chi connectivity index (χ1) is 9.38. The van der Waals surface area contributed by atoms with Crippen LogP contribution in [0.1, 0.15) is 31.2 Å². The van der Waals surface area contributed by atoms with E-state index in [0.29, 0.717) is 6.04 Å². The second-order valence-electron chi connectivity index (χ2n) is 5.63. The van der Waals surface area contributed by atoms with Crippen molar-refractivity contribution in [3.8, 4) is 0 Å². The Morgan fingerprint density at radius 3 is 2.79 bits per heavy atom. The topological polar surface area (TPSA) is 24.9 Å². The molecule has 0 bridgehead atoms. The lowest BCUT2D eigenvalue weighted by Gasteiger charge is -2.23. The average Bonchev–Trinajstić information content (AvgIpc) is 2.99. The minimum atomic E-state index is 0.605. The van der Waals surface area contributed by atoms with E-state index in [9.17, 15) is 0 Å². The van der Waals surface area contributed by atoms with Crippen LogP contribution >= 0.6 is 0 Å². The van der Waals surface area contributed by atoms with Crippen molar-refractivity contribution in [3.05, 3.63) is 42.1 Å². The first-order valence-corrected chi connectivity index (χ1v) is 7.38. The summed E-state index contributed by atoms with van der Waals surface area (Å²) < 4.78 is 0. The van der Waals surface area contributed by atoms with Gasteiger partial charge in [-0.05, 0) is 49.9 Å². The molecule has 19 heavy (non-hydrogen) atoms.